The van der Waals surface area contributed by atoms with Crippen LogP contribution in [0.1, 0.15) is 22.5 Å². The van der Waals surface area contributed by atoms with Gasteiger partial charge < -0.3 is 21.5 Å². The van der Waals surface area contributed by atoms with E-state index in [4.69, 9.17) is 11.5 Å². The van der Waals surface area contributed by atoms with Crippen molar-refractivity contribution in [1.82, 2.24) is 9.88 Å². The summed E-state index contributed by atoms with van der Waals surface area (Å²) in [5.74, 6) is -1.02. The molecule has 0 spiro atoms. The van der Waals surface area contributed by atoms with Crippen LogP contribution in [-0.4, -0.2) is 45.5 Å². The number of β-amino-alcohol motifs (C(OH)–C–C–N with tert-alkyl or cyclic N) is 1. The second kappa shape index (κ2) is 4.85. The Balaban J connectivity index is 2.33. The number of aryl methyl sites for hydroxylation is 1. The van der Waals surface area contributed by atoms with E-state index in [0.717, 1.165) is 0 Å². The van der Waals surface area contributed by atoms with Crippen molar-refractivity contribution in [1.29, 1.82) is 0 Å². The van der Waals surface area contributed by atoms with E-state index in [-0.39, 0.29) is 13.0 Å². The summed E-state index contributed by atoms with van der Waals surface area (Å²) >= 11 is 0. The summed E-state index contributed by atoms with van der Waals surface area (Å²) in [5.41, 5.74) is 12.1. The van der Waals surface area contributed by atoms with E-state index in [9.17, 15) is 14.7 Å². The van der Waals surface area contributed by atoms with Crippen molar-refractivity contribution in [2.75, 3.05) is 12.3 Å². The Hall–Kier alpha value is -2.15. The number of aliphatic hydroxyl groups excluding tert-OH is 1. The number of likely N-dealkylation sites (tertiary alicyclic amines) is 1. The van der Waals surface area contributed by atoms with Crippen molar-refractivity contribution in [3.63, 3.8) is 0 Å². The standard InChI is InChI=1S/C12H16N4O3/c1-6-9(2-7(13)4-15-6)12(19)16-5-8(17)3-10(16)11(14)18/h2,4,8,10,17H,3,5,13H2,1H3,(H2,14,18). The normalized spacial score (nSPS) is 22.5. The zero-order chi connectivity index (χ0) is 14.2. The number of aromatic nitrogens is 1. The van der Waals surface area contributed by atoms with Crippen LogP contribution < -0.4 is 11.5 Å². The molecule has 2 heterocycles. The first kappa shape index (κ1) is 13.3. The highest BCUT2D eigenvalue weighted by Gasteiger charge is 2.38. The molecular weight excluding hydrogens is 248 g/mol. The number of nitrogens with zero attached hydrogens (tertiary/aromatic N) is 2. The zero-order valence-corrected chi connectivity index (χ0v) is 10.5. The molecule has 1 aromatic rings. The Morgan fingerprint density at radius 2 is 2.21 bits per heavy atom. The van der Waals surface area contributed by atoms with Gasteiger partial charge in [-0.3, -0.25) is 14.6 Å². The average molecular weight is 264 g/mol. The van der Waals surface area contributed by atoms with E-state index in [2.05, 4.69) is 4.98 Å². The fourth-order valence-corrected chi connectivity index (χ4v) is 2.23. The lowest BCUT2D eigenvalue weighted by Crippen LogP contribution is -2.44. The predicted octanol–water partition coefficient (Wildman–Crippen LogP) is -0.967. The van der Waals surface area contributed by atoms with Crippen molar-refractivity contribution in [2.45, 2.75) is 25.5 Å². The number of carbonyl (C=O) groups excluding carboxylic acids is 2. The molecule has 0 aliphatic carbocycles. The fraction of sp³-hybridized carbons (Fsp3) is 0.417. The summed E-state index contributed by atoms with van der Waals surface area (Å²) in [4.78, 5) is 29.0. The van der Waals surface area contributed by atoms with Crippen LogP contribution in [-0.2, 0) is 4.79 Å². The molecule has 2 atom stereocenters. The molecule has 7 nitrogen and oxygen atoms in total. The molecule has 102 valence electrons. The van der Waals surface area contributed by atoms with E-state index < -0.39 is 24.0 Å². The first-order valence-corrected chi connectivity index (χ1v) is 5.90. The average Bonchev–Trinajstić information content (AvgIpc) is 2.74. The molecule has 0 saturated carbocycles. The number of amides is 2. The molecule has 2 unspecified atom stereocenters. The Bertz CT molecular complexity index is 532. The van der Waals surface area contributed by atoms with E-state index in [1.807, 2.05) is 0 Å². The van der Waals surface area contributed by atoms with Gasteiger partial charge in [0.05, 0.1) is 29.2 Å². The van der Waals surface area contributed by atoms with Gasteiger partial charge in [0.15, 0.2) is 0 Å². The molecule has 2 rings (SSSR count). The molecular formula is C12H16N4O3. The molecule has 0 radical (unpaired) electrons. The topological polar surface area (TPSA) is 123 Å². The summed E-state index contributed by atoms with van der Waals surface area (Å²) in [6.45, 7) is 1.76. The Kier molecular flexibility index (Phi) is 3.39. The van der Waals surface area contributed by atoms with Crippen molar-refractivity contribution in [3.05, 3.63) is 23.5 Å². The van der Waals surface area contributed by atoms with Crippen LogP contribution in [0.3, 0.4) is 0 Å². The van der Waals surface area contributed by atoms with Gasteiger partial charge in [0, 0.05) is 13.0 Å². The van der Waals surface area contributed by atoms with Crippen LogP contribution in [0.2, 0.25) is 0 Å². The molecule has 1 aliphatic heterocycles. The number of hydrogen-bond acceptors (Lipinski definition) is 5. The number of primary amides is 1. The molecule has 2 amide bonds. The van der Waals surface area contributed by atoms with Gasteiger partial charge in [-0.25, -0.2) is 0 Å². The van der Waals surface area contributed by atoms with E-state index in [1.54, 1.807) is 6.92 Å². The first-order chi connectivity index (χ1) is 8.90. The molecule has 0 bridgehead atoms. The first-order valence-electron chi connectivity index (χ1n) is 5.90. The lowest BCUT2D eigenvalue weighted by Gasteiger charge is -2.22. The number of anilines is 1. The van der Waals surface area contributed by atoms with Gasteiger partial charge in [-0.2, -0.15) is 0 Å². The van der Waals surface area contributed by atoms with Gasteiger partial charge in [0.25, 0.3) is 5.91 Å². The van der Waals surface area contributed by atoms with Crippen molar-refractivity contribution < 1.29 is 14.7 Å². The number of aliphatic hydroxyl groups is 1. The second-order valence-electron chi connectivity index (χ2n) is 4.67. The number of pyridine rings is 1. The molecule has 1 fully saturated rings. The van der Waals surface area contributed by atoms with Crippen LogP contribution in [0, 0.1) is 6.92 Å². The van der Waals surface area contributed by atoms with Gasteiger partial charge in [0.1, 0.15) is 6.04 Å². The van der Waals surface area contributed by atoms with Crippen LogP contribution in [0.25, 0.3) is 0 Å². The van der Waals surface area contributed by atoms with Crippen LogP contribution in [0.4, 0.5) is 5.69 Å². The molecule has 7 heteroatoms. The van der Waals surface area contributed by atoms with Crippen molar-refractivity contribution in [3.8, 4) is 0 Å². The summed E-state index contributed by atoms with van der Waals surface area (Å²) in [6.07, 6.45) is 0.877. The molecule has 1 saturated heterocycles. The zero-order valence-electron chi connectivity index (χ0n) is 10.5. The molecule has 0 aromatic carbocycles. The van der Waals surface area contributed by atoms with Gasteiger partial charge in [0.2, 0.25) is 5.91 Å². The third-order valence-electron chi connectivity index (χ3n) is 3.21. The lowest BCUT2D eigenvalue weighted by molar-refractivity contribution is -0.121. The highest BCUT2D eigenvalue weighted by Crippen LogP contribution is 2.22. The Morgan fingerprint density at radius 1 is 1.53 bits per heavy atom. The monoisotopic (exact) mass is 264 g/mol. The van der Waals surface area contributed by atoms with E-state index >= 15 is 0 Å². The number of rotatable bonds is 2. The largest absolute Gasteiger partial charge is 0.397 e. The molecule has 1 aromatic heterocycles. The molecule has 5 N–H and O–H groups in total. The number of hydrogen-bond donors (Lipinski definition) is 3. The second-order valence-corrected chi connectivity index (χ2v) is 4.67. The van der Waals surface area contributed by atoms with Crippen molar-refractivity contribution >= 4 is 17.5 Å². The summed E-state index contributed by atoms with van der Waals surface area (Å²) < 4.78 is 0. The third-order valence-corrected chi connectivity index (χ3v) is 3.21. The minimum absolute atomic E-state index is 0.0840. The van der Waals surface area contributed by atoms with Crippen LogP contribution >= 0.6 is 0 Å². The van der Waals surface area contributed by atoms with E-state index in [1.165, 1.54) is 17.2 Å². The summed E-state index contributed by atoms with van der Waals surface area (Å²) in [7, 11) is 0. The number of nitrogens with two attached hydrogens (primary N) is 2. The van der Waals surface area contributed by atoms with Crippen molar-refractivity contribution in [2.24, 2.45) is 5.73 Å². The van der Waals surface area contributed by atoms with Crippen LogP contribution in [0.15, 0.2) is 12.3 Å². The third kappa shape index (κ3) is 2.50. The lowest BCUT2D eigenvalue weighted by atomic mass is 10.1. The quantitative estimate of drug-likeness (QED) is 0.634. The number of carbonyl (C=O) groups is 2. The Morgan fingerprint density at radius 3 is 2.84 bits per heavy atom. The summed E-state index contributed by atoms with van der Waals surface area (Å²) in [5, 5.41) is 9.60. The number of nitrogen functional groups attached to an aromatic ring is 1. The minimum atomic E-state index is -0.789. The molecule has 19 heavy (non-hydrogen) atoms. The highest BCUT2D eigenvalue weighted by atomic mass is 16.3. The Labute approximate surface area is 110 Å². The predicted molar refractivity (Wildman–Crippen MR) is 68.0 cm³/mol. The van der Waals surface area contributed by atoms with Crippen LogP contribution in [0.5, 0.6) is 0 Å². The molecule has 1 aliphatic rings. The maximum absolute atomic E-state index is 12.4. The van der Waals surface area contributed by atoms with Gasteiger partial charge >= 0.3 is 0 Å². The maximum atomic E-state index is 12.4. The minimum Gasteiger partial charge on any atom is -0.397 e. The maximum Gasteiger partial charge on any atom is 0.256 e. The van der Waals surface area contributed by atoms with Gasteiger partial charge in [-0.1, -0.05) is 0 Å². The smallest absolute Gasteiger partial charge is 0.256 e. The van der Waals surface area contributed by atoms with Gasteiger partial charge in [-0.05, 0) is 13.0 Å². The highest BCUT2D eigenvalue weighted by molar-refractivity contribution is 5.99. The fourth-order valence-electron chi connectivity index (χ4n) is 2.23. The summed E-state index contributed by atoms with van der Waals surface area (Å²) in [6, 6.07) is 0.719. The SMILES string of the molecule is Cc1ncc(N)cc1C(=O)N1CC(O)CC1C(N)=O. The van der Waals surface area contributed by atoms with Gasteiger partial charge in [-0.15, -0.1) is 0 Å². The van der Waals surface area contributed by atoms with E-state index in [0.29, 0.717) is 16.9 Å².